The SMILES string of the molecule is COc1ccc2c(c1)CCC[C@@H]2NC(=O)c1cc(N)n[nH]1. The lowest BCUT2D eigenvalue weighted by Crippen LogP contribution is -2.31. The number of nitrogens with zero attached hydrogens (tertiary/aromatic N) is 1. The van der Waals surface area contributed by atoms with E-state index in [1.165, 1.54) is 11.6 Å². The van der Waals surface area contributed by atoms with Crippen molar-refractivity contribution in [2.45, 2.75) is 25.3 Å². The number of nitrogens with one attached hydrogen (secondary N) is 2. The maximum Gasteiger partial charge on any atom is 0.269 e. The number of fused-ring (bicyclic) bond motifs is 1. The Morgan fingerprint density at radius 3 is 3.05 bits per heavy atom. The number of anilines is 1. The van der Waals surface area contributed by atoms with E-state index in [9.17, 15) is 4.79 Å². The van der Waals surface area contributed by atoms with Crippen molar-refractivity contribution in [3.05, 3.63) is 41.1 Å². The van der Waals surface area contributed by atoms with Crippen molar-refractivity contribution in [1.29, 1.82) is 0 Å². The van der Waals surface area contributed by atoms with Gasteiger partial charge < -0.3 is 15.8 Å². The monoisotopic (exact) mass is 286 g/mol. The highest BCUT2D eigenvalue weighted by Gasteiger charge is 2.23. The van der Waals surface area contributed by atoms with Gasteiger partial charge in [-0.1, -0.05) is 6.07 Å². The fourth-order valence-corrected chi connectivity index (χ4v) is 2.76. The Bertz CT molecular complexity index is 665. The summed E-state index contributed by atoms with van der Waals surface area (Å²) in [5, 5.41) is 9.44. The number of rotatable bonds is 3. The summed E-state index contributed by atoms with van der Waals surface area (Å²) in [5.74, 6) is 0.976. The minimum atomic E-state index is -0.187. The molecule has 110 valence electrons. The number of methoxy groups -OCH3 is 1. The van der Waals surface area contributed by atoms with Crippen LogP contribution >= 0.6 is 0 Å². The normalized spacial score (nSPS) is 17.1. The van der Waals surface area contributed by atoms with Crippen molar-refractivity contribution >= 4 is 11.7 Å². The van der Waals surface area contributed by atoms with Crippen molar-refractivity contribution in [3.8, 4) is 5.75 Å². The van der Waals surface area contributed by atoms with Crippen LogP contribution in [0.2, 0.25) is 0 Å². The van der Waals surface area contributed by atoms with Gasteiger partial charge in [0.1, 0.15) is 17.3 Å². The van der Waals surface area contributed by atoms with Gasteiger partial charge in [-0.3, -0.25) is 9.89 Å². The number of aryl methyl sites for hydroxylation is 1. The molecule has 1 heterocycles. The zero-order chi connectivity index (χ0) is 14.8. The maximum absolute atomic E-state index is 12.2. The van der Waals surface area contributed by atoms with Gasteiger partial charge in [-0.05, 0) is 42.5 Å². The molecule has 1 aromatic carbocycles. The molecule has 0 bridgehead atoms. The van der Waals surface area contributed by atoms with Gasteiger partial charge >= 0.3 is 0 Å². The number of benzene rings is 1. The molecule has 0 saturated carbocycles. The second kappa shape index (κ2) is 5.47. The topological polar surface area (TPSA) is 93.0 Å². The third-order valence-electron chi connectivity index (χ3n) is 3.81. The standard InChI is InChI=1S/C15H18N4O2/c1-21-10-5-6-11-9(7-10)3-2-4-12(11)17-15(20)13-8-14(16)19-18-13/h5-8,12H,2-4H2,1H3,(H,17,20)(H3,16,18,19)/t12-/m0/s1. The maximum atomic E-state index is 12.2. The number of carbonyl (C=O) groups excluding carboxylic acids is 1. The Hall–Kier alpha value is -2.50. The quantitative estimate of drug-likeness (QED) is 0.802. The summed E-state index contributed by atoms with van der Waals surface area (Å²) in [4.78, 5) is 12.2. The third-order valence-corrected chi connectivity index (χ3v) is 3.81. The van der Waals surface area contributed by atoms with E-state index in [1.54, 1.807) is 7.11 Å². The molecule has 1 atom stereocenters. The number of aromatic nitrogens is 2. The summed E-state index contributed by atoms with van der Waals surface area (Å²) in [6, 6.07) is 7.54. The van der Waals surface area contributed by atoms with Gasteiger partial charge in [0.2, 0.25) is 0 Å². The molecule has 6 heteroatoms. The largest absolute Gasteiger partial charge is 0.497 e. The Morgan fingerprint density at radius 2 is 2.33 bits per heavy atom. The van der Waals surface area contributed by atoms with E-state index in [-0.39, 0.29) is 11.9 Å². The first-order chi connectivity index (χ1) is 10.2. The molecule has 2 aromatic rings. The zero-order valence-corrected chi connectivity index (χ0v) is 11.8. The minimum Gasteiger partial charge on any atom is -0.497 e. The zero-order valence-electron chi connectivity index (χ0n) is 11.8. The van der Waals surface area contributed by atoms with Crippen LogP contribution in [0.25, 0.3) is 0 Å². The molecule has 1 amide bonds. The molecule has 0 fully saturated rings. The van der Waals surface area contributed by atoms with E-state index in [4.69, 9.17) is 10.5 Å². The number of amides is 1. The number of nitrogen functional groups attached to an aromatic ring is 1. The van der Waals surface area contributed by atoms with Gasteiger partial charge in [0.15, 0.2) is 0 Å². The Morgan fingerprint density at radius 1 is 1.48 bits per heavy atom. The Labute approximate surface area is 122 Å². The molecule has 0 spiro atoms. The number of hydrogen-bond acceptors (Lipinski definition) is 4. The molecule has 0 saturated heterocycles. The van der Waals surface area contributed by atoms with Gasteiger partial charge in [-0.2, -0.15) is 5.10 Å². The second-order valence-corrected chi connectivity index (χ2v) is 5.19. The van der Waals surface area contributed by atoms with Gasteiger partial charge in [0, 0.05) is 6.07 Å². The lowest BCUT2D eigenvalue weighted by molar-refractivity contribution is 0.0927. The van der Waals surface area contributed by atoms with Crippen molar-refractivity contribution in [2.75, 3.05) is 12.8 Å². The van der Waals surface area contributed by atoms with E-state index in [0.717, 1.165) is 30.6 Å². The molecule has 3 rings (SSSR count). The lowest BCUT2D eigenvalue weighted by atomic mass is 9.87. The number of hydrogen-bond donors (Lipinski definition) is 3. The molecule has 1 aliphatic rings. The molecule has 0 unspecified atom stereocenters. The number of aromatic amines is 1. The predicted molar refractivity (Wildman–Crippen MR) is 79.1 cm³/mol. The third kappa shape index (κ3) is 2.69. The van der Waals surface area contributed by atoms with Crippen LogP contribution in [0.15, 0.2) is 24.3 Å². The molecule has 1 aliphatic carbocycles. The van der Waals surface area contributed by atoms with Crippen LogP contribution in [-0.4, -0.2) is 23.2 Å². The second-order valence-electron chi connectivity index (χ2n) is 5.19. The van der Waals surface area contributed by atoms with Crippen LogP contribution in [-0.2, 0) is 6.42 Å². The van der Waals surface area contributed by atoms with Crippen LogP contribution in [0.5, 0.6) is 5.75 Å². The molecule has 6 nitrogen and oxygen atoms in total. The van der Waals surface area contributed by atoms with Crippen LogP contribution in [0, 0.1) is 0 Å². The predicted octanol–water partition coefficient (Wildman–Crippen LogP) is 1.81. The van der Waals surface area contributed by atoms with Crippen LogP contribution in [0.4, 0.5) is 5.82 Å². The summed E-state index contributed by atoms with van der Waals surface area (Å²) in [6.45, 7) is 0. The fourth-order valence-electron chi connectivity index (χ4n) is 2.76. The van der Waals surface area contributed by atoms with Gasteiger partial charge in [-0.15, -0.1) is 0 Å². The van der Waals surface area contributed by atoms with Crippen LogP contribution in [0.1, 0.15) is 40.5 Å². The molecule has 1 aromatic heterocycles. The first-order valence-electron chi connectivity index (χ1n) is 6.96. The number of H-pyrrole nitrogens is 1. The molecule has 21 heavy (non-hydrogen) atoms. The highest BCUT2D eigenvalue weighted by atomic mass is 16.5. The highest BCUT2D eigenvalue weighted by Crippen LogP contribution is 2.32. The molecule has 4 N–H and O–H groups in total. The summed E-state index contributed by atoms with van der Waals surface area (Å²) in [5.41, 5.74) is 8.29. The number of nitrogens with two attached hydrogens (primary N) is 1. The average molecular weight is 286 g/mol. The summed E-state index contributed by atoms with van der Waals surface area (Å²) in [6.07, 6.45) is 2.97. The summed E-state index contributed by atoms with van der Waals surface area (Å²) in [7, 11) is 1.66. The lowest BCUT2D eigenvalue weighted by Gasteiger charge is -2.26. The van der Waals surface area contributed by atoms with Crippen molar-refractivity contribution < 1.29 is 9.53 Å². The van der Waals surface area contributed by atoms with E-state index >= 15 is 0 Å². The molecular formula is C15H18N4O2. The average Bonchev–Trinajstić information content (AvgIpc) is 2.93. The number of carbonyl (C=O) groups is 1. The minimum absolute atomic E-state index is 0.0108. The first kappa shape index (κ1) is 13.5. The van der Waals surface area contributed by atoms with E-state index in [1.807, 2.05) is 18.2 Å². The Kier molecular flexibility index (Phi) is 3.51. The van der Waals surface area contributed by atoms with Crippen LogP contribution < -0.4 is 15.8 Å². The van der Waals surface area contributed by atoms with E-state index in [2.05, 4.69) is 15.5 Å². The first-order valence-corrected chi connectivity index (χ1v) is 6.96. The number of ether oxygens (including phenoxy) is 1. The fraction of sp³-hybridized carbons (Fsp3) is 0.333. The van der Waals surface area contributed by atoms with Crippen molar-refractivity contribution in [3.63, 3.8) is 0 Å². The summed E-state index contributed by atoms with van der Waals surface area (Å²) >= 11 is 0. The Balaban J connectivity index is 1.80. The molecule has 0 aliphatic heterocycles. The van der Waals surface area contributed by atoms with Crippen molar-refractivity contribution in [2.24, 2.45) is 0 Å². The van der Waals surface area contributed by atoms with Gasteiger partial charge in [0.05, 0.1) is 13.2 Å². The van der Waals surface area contributed by atoms with Gasteiger partial charge in [0.25, 0.3) is 5.91 Å². The smallest absolute Gasteiger partial charge is 0.269 e. The molecular weight excluding hydrogens is 268 g/mol. The molecule has 0 radical (unpaired) electrons. The van der Waals surface area contributed by atoms with Crippen LogP contribution in [0.3, 0.4) is 0 Å². The van der Waals surface area contributed by atoms with Gasteiger partial charge in [-0.25, -0.2) is 0 Å². The van der Waals surface area contributed by atoms with E-state index in [0.29, 0.717) is 11.5 Å². The summed E-state index contributed by atoms with van der Waals surface area (Å²) < 4.78 is 5.25. The van der Waals surface area contributed by atoms with E-state index < -0.39 is 0 Å². The highest BCUT2D eigenvalue weighted by molar-refractivity contribution is 5.93. The van der Waals surface area contributed by atoms with Crippen molar-refractivity contribution in [1.82, 2.24) is 15.5 Å².